The molecule has 9 heteroatoms. The van der Waals surface area contributed by atoms with Crippen molar-refractivity contribution in [3.63, 3.8) is 0 Å². The van der Waals surface area contributed by atoms with Crippen LogP contribution in [0, 0.1) is 5.92 Å². The molecule has 1 heterocycles. The highest BCUT2D eigenvalue weighted by atomic mass is 35.5. The Kier molecular flexibility index (Phi) is 7.46. The smallest absolute Gasteiger partial charge is 0.246 e. The van der Waals surface area contributed by atoms with Gasteiger partial charge in [0.05, 0.1) is 19.6 Å². The summed E-state index contributed by atoms with van der Waals surface area (Å²) in [6.07, 6.45) is 1.22. The topological polar surface area (TPSA) is 76.2 Å². The zero-order valence-electron chi connectivity index (χ0n) is 17.9. The Morgan fingerprint density at radius 3 is 2.58 bits per heavy atom. The molecule has 0 aromatic heterocycles. The Hall–Kier alpha value is -2.29. The minimum atomic E-state index is -3.87. The average Bonchev–Trinajstić information content (AvgIpc) is 2.79. The molecular weight excluding hydrogens is 440 g/mol. The third-order valence-electron chi connectivity index (χ3n) is 5.35. The molecule has 0 unspecified atom stereocenters. The number of hydrogen-bond donors (Lipinski definition) is 0. The molecule has 1 aliphatic rings. The summed E-state index contributed by atoms with van der Waals surface area (Å²) in [7, 11) is -0.589. The molecule has 2 aromatic carbocycles. The quantitative estimate of drug-likeness (QED) is 0.620. The van der Waals surface area contributed by atoms with Crippen molar-refractivity contribution in [2.45, 2.75) is 24.7 Å². The number of halogens is 1. The SMILES string of the molecule is CCOc1ccc(Cl)cc1S(=O)(=O)N1CCC[C@@H](C(=O)N(C)c2ccc(OC)cc2)C1. The molecule has 0 saturated carbocycles. The van der Waals surface area contributed by atoms with Gasteiger partial charge in [0.2, 0.25) is 15.9 Å². The van der Waals surface area contributed by atoms with Crippen molar-refractivity contribution >= 4 is 33.2 Å². The Bertz CT molecular complexity index is 1030. The van der Waals surface area contributed by atoms with E-state index in [1.54, 1.807) is 62.4 Å². The highest BCUT2D eigenvalue weighted by molar-refractivity contribution is 7.89. The number of anilines is 1. The minimum absolute atomic E-state index is 0.0263. The summed E-state index contributed by atoms with van der Waals surface area (Å²) in [6, 6.07) is 11.7. The maximum Gasteiger partial charge on any atom is 0.246 e. The van der Waals surface area contributed by atoms with Crippen LogP contribution in [0.5, 0.6) is 11.5 Å². The van der Waals surface area contributed by atoms with E-state index in [0.29, 0.717) is 36.8 Å². The molecule has 1 saturated heterocycles. The third-order valence-corrected chi connectivity index (χ3v) is 7.47. The fourth-order valence-electron chi connectivity index (χ4n) is 3.67. The van der Waals surface area contributed by atoms with Crippen LogP contribution in [0.3, 0.4) is 0 Å². The highest BCUT2D eigenvalue weighted by Gasteiger charge is 2.36. The van der Waals surface area contributed by atoms with Gasteiger partial charge in [0.1, 0.15) is 16.4 Å². The first-order chi connectivity index (χ1) is 14.8. The summed E-state index contributed by atoms with van der Waals surface area (Å²) in [5, 5.41) is 0.311. The second-order valence-electron chi connectivity index (χ2n) is 7.32. The Morgan fingerprint density at radius 1 is 1.23 bits per heavy atom. The molecule has 0 N–H and O–H groups in total. The molecule has 2 aromatic rings. The van der Waals surface area contributed by atoms with E-state index in [-0.39, 0.29) is 23.1 Å². The molecule has 0 radical (unpaired) electrons. The molecule has 7 nitrogen and oxygen atoms in total. The molecule has 168 valence electrons. The summed E-state index contributed by atoms with van der Waals surface area (Å²) in [5.74, 6) is 0.397. The second kappa shape index (κ2) is 9.89. The Balaban J connectivity index is 1.81. The van der Waals surface area contributed by atoms with Gasteiger partial charge in [0, 0.05) is 30.8 Å². The fraction of sp³-hybridized carbons (Fsp3) is 0.409. The van der Waals surface area contributed by atoms with Crippen LogP contribution in [0.25, 0.3) is 0 Å². The molecule has 0 aliphatic carbocycles. The van der Waals surface area contributed by atoms with E-state index in [1.165, 1.54) is 10.4 Å². The maximum absolute atomic E-state index is 13.4. The van der Waals surface area contributed by atoms with Crippen molar-refractivity contribution in [2.24, 2.45) is 5.92 Å². The summed E-state index contributed by atoms with van der Waals surface area (Å²) >= 11 is 6.06. The van der Waals surface area contributed by atoms with Crippen LogP contribution in [0.4, 0.5) is 5.69 Å². The molecular formula is C22H27ClN2O5S. The third kappa shape index (κ3) is 5.14. The number of carbonyl (C=O) groups excluding carboxylic acids is 1. The number of nitrogens with zero attached hydrogens (tertiary/aromatic N) is 2. The number of hydrogen-bond acceptors (Lipinski definition) is 5. The number of benzene rings is 2. The fourth-order valence-corrected chi connectivity index (χ4v) is 5.58. The van der Waals surface area contributed by atoms with E-state index < -0.39 is 15.9 Å². The predicted molar refractivity (Wildman–Crippen MR) is 121 cm³/mol. The standard InChI is InChI=1S/C22H27ClN2O5S/c1-4-30-20-12-7-17(23)14-21(20)31(27,28)25-13-5-6-16(15-25)22(26)24(2)18-8-10-19(29-3)11-9-18/h7-12,14,16H,4-6,13,15H2,1-3H3/t16-/m1/s1. The van der Waals surface area contributed by atoms with Gasteiger partial charge < -0.3 is 14.4 Å². The Morgan fingerprint density at radius 2 is 1.94 bits per heavy atom. The van der Waals surface area contributed by atoms with Crippen molar-refractivity contribution in [1.29, 1.82) is 0 Å². The lowest BCUT2D eigenvalue weighted by atomic mass is 9.98. The van der Waals surface area contributed by atoms with Crippen LogP contribution in [-0.2, 0) is 14.8 Å². The van der Waals surface area contributed by atoms with Gasteiger partial charge in [-0.3, -0.25) is 4.79 Å². The van der Waals surface area contributed by atoms with Crippen LogP contribution < -0.4 is 14.4 Å². The minimum Gasteiger partial charge on any atom is -0.497 e. The zero-order chi connectivity index (χ0) is 22.6. The van der Waals surface area contributed by atoms with Gasteiger partial charge in [-0.15, -0.1) is 0 Å². The van der Waals surface area contributed by atoms with E-state index in [4.69, 9.17) is 21.1 Å². The first-order valence-corrected chi connectivity index (χ1v) is 11.9. The number of ether oxygens (including phenoxy) is 2. The lowest BCUT2D eigenvalue weighted by Crippen LogP contribution is -2.46. The number of carbonyl (C=O) groups is 1. The number of piperidine rings is 1. The van der Waals surface area contributed by atoms with Gasteiger partial charge in [-0.2, -0.15) is 4.31 Å². The van der Waals surface area contributed by atoms with Crippen LogP contribution in [0.1, 0.15) is 19.8 Å². The molecule has 1 amide bonds. The second-order valence-corrected chi connectivity index (χ2v) is 9.66. The van der Waals surface area contributed by atoms with Gasteiger partial charge in [-0.05, 0) is 62.2 Å². The molecule has 0 spiro atoms. The van der Waals surface area contributed by atoms with E-state index in [2.05, 4.69) is 0 Å². The lowest BCUT2D eigenvalue weighted by molar-refractivity contribution is -0.123. The monoisotopic (exact) mass is 466 g/mol. The van der Waals surface area contributed by atoms with Crippen LogP contribution in [-0.4, -0.2) is 52.5 Å². The first-order valence-electron chi connectivity index (χ1n) is 10.1. The number of sulfonamides is 1. The number of rotatable bonds is 7. The molecule has 31 heavy (non-hydrogen) atoms. The lowest BCUT2D eigenvalue weighted by Gasteiger charge is -2.33. The molecule has 1 atom stereocenters. The number of amides is 1. The van der Waals surface area contributed by atoms with Crippen molar-refractivity contribution in [3.8, 4) is 11.5 Å². The summed E-state index contributed by atoms with van der Waals surface area (Å²) in [6.45, 7) is 2.57. The normalized spacial score (nSPS) is 17.2. The van der Waals surface area contributed by atoms with Crippen molar-refractivity contribution in [3.05, 3.63) is 47.5 Å². The predicted octanol–water partition coefficient (Wildman–Crippen LogP) is 3.81. The van der Waals surface area contributed by atoms with Crippen LogP contribution in [0.15, 0.2) is 47.4 Å². The van der Waals surface area contributed by atoms with E-state index >= 15 is 0 Å². The van der Waals surface area contributed by atoms with Gasteiger partial charge in [0.15, 0.2) is 0 Å². The maximum atomic E-state index is 13.4. The largest absolute Gasteiger partial charge is 0.497 e. The van der Waals surface area contributed by atoms with Crippen molar-refractivity contribution < 1.29 is 22.7 Å². The summed E-state index contributed by atoms with van der Waals surface area (Å²) < 4.78 is 38.7. The summed E-state index contributed by atoms with van der Waals surface area (Å²) in [5.41, 5.74) is 0.722. The summed E-state index contributed by atoms with van der Waals surface area (Å²) in [4.78, 5) is 14.7. The highest BCUT2D eigenvalue weighted by Crippen LogP contribution is 2.33. The average molecular weight is 467 g/mol. The van der Waals surface area contributed by atoms with E-state index in [0.717, 1.165) is 5.69 Å². The van der Waals surface area contributed by atoms with Crippen molar-refractivity contribution in [2.75, 3.05) is 38.8 Å². The molecule has 1 aliphatic heterocycles. The van der Waals surface area contributed by atoms with Gasteiger partial charge in [-0.25, -0.2) is 8.42 Å². The van der Waals surface area contributed by atoms with Crippen LogP contribution >= 0.6 is 11.6 Å². The van der Waals surface area contributed by atoms with E-state index in [9.17, 15) is 13.2 Å². The van der Waals surface area contributed by atoms with E-state index in [1.807, 2.05) is 0 Å². The molecule has 1 fully saturated rings. The molecule has 0 bridgehead atoms. The van der Waals surface area contributed by atoms with Crippen LogP contribution in [0.2, 0.25) is 5.02 Å². The Labute approximate surface area is 188 Å². The first kappa shape index (κ1) is 23.4. The zero-order valence-corrected chi connectivity index (χ0v) is 19.4. The molecule has 3 rings (SSSR count). The van der Waals surface area contributed by atoms with Gasteiger partial charge in [-0.1, -0.05) is 11.6 Å². The van der Waals surface area contributed by atoms with Gasteiger partial charge in [0.25, 0.3) is 0 Å². The van der Waals surface area contributed by atoms with Crippen molar-refractivity contribution in [1.82, 2.24) is 4.31 Å². The van der Waals surface area contributed by atoms with Gasteiger partial charge >= 0.3 is 0 Å². The number of methoxy groups -OCH3 is 1.